The maximum atomic E-state index is 12.3. The van der Waals surface area contributed by atoms with Gasteiger partial charge in [-0.05, 0) is 35.7 Å². The molecule has 138 valence electrons. The quantitative estimate of drug-likeness (QED) is 0.761. The van der Waals surface area contributed by atoms with Crippen LogP contribution in [-0.2, 0) is 4.79 Å². The molecule has 0 fully saturated rings. The van der Waals surface area contributed by atoms with Gasteiger partial charge in [0.2, 0.25) is 0 Å². The highest BCUT2D eigenvalue weighted by Gasteiger charge is 2.19. The Bertz CT molecular complexity index is 757. The molecule has 6 heteroatoms. The van der Waals surface area contributed by atoms with Crippen LogP contribution in [0.3, 0.4) is 0 Å². The second kappa shape index (κ2) is 8.89. The molecule has 1 atom stereocenters. The van der Waals surface area contributed by atoms with Gasteiger partial charge in [0, 0.05) is 0 Å². The minimum absolute atomic E-state index is 0.164. The number of hydrogen-bond acceptors (Lipinski definition) is 4. The van der Waals surface area contributed by atoms with Gasteiger partial charge in [-0.25, -0.2) is 0 Å². The standard InChI is InChI=1S/C20H24N2O4/c1-13(2)19(14-8-10-15(25-3)11-9-14)22-18(23)12-26-17-7-5-4-6-16(17)20(21)24/h4-11,13,19H,12H2,1-3H3,(H2,21,24)(H,22,23). The Kier molecular flexibility index (Phi) is 6.60. The van der Waals surface area contributed by atoms with E-state index in [-0.39, 0.29) is 30.0 Å². The van der Waals surface area contributed by atoms with Crippen LogP contribution in [0, 0.1) is 5.92 Å². The number of hydrogen-bond donors (Lipinski definition) is 2. The highest BCUT2D eigenvalue weighted by molar-refractivity contribution is 5.95. The highest BCUT2D eigenvalue weighted by atomic mass is 16.5. The molecule has 0 saturated carbocycles. The molecule has 2 aromatic rings. The molecule has 0 bridgehead atoms. The molecular formula is C20H24N2O4. The van der Waals surface area contributed by atoms with Crippen LogP contribution in [0.1, 0.15) is 35.8 Å². The summed E-state index contributed by atoms with van der Waals surface area (Å²) in [5.74, 6) is 0.359. The number of nitrogens with two attached hydrogens (primary N) is 1. The van der Waals surface area contributed by atoms with Crippen LogP contribution < -0.4 is 20.5 Å². The molecule has 1 unspecified atom stereocenters. The van der Waals surface area contributed by atoms with Gasteiger partial charge in [0.15, 0.2) is 6.61 Å². The number of nitrogens with one attached hydrogen (secondary N) is 1. The molecule has 0 heterocycles. The van der Waals surface area contributed by atoms with Crippen molar-refractivity contribution >= 4 is 11.8 Å². The molecule has 0 aliphatic rings. The van der Waals surface area contributed by atoms with Crippen molar-refractivity contribution < 1.29 is 19.1 Å². The molecule has 3 N–H and O–H groups in total. The maximum Gasteiger partial charge on any atom is 0.258 e. The van der Waals surface area contributed by atoms with Crippen LogP contribution in [0.25, 0.3) is 0 Å². The third-order valence-electron chi connectivity index (χ3n) is 3.97. The van der Waals surface area contributed by atoms with E-state index in [1.807, 2.05) is 38.1 Å². The van der Waals surface area contributed by atoms with E-state index in [0.29, 0.717) is 5.75 Å². The van der Waals surface area contributed by atoms with E-state index in [4.69, 9.17) is 15.2 Å². The van der Waals surface area contributed by atoms with Gasteiger partial charge in [-0.2, -0.15) is 0 Å². The van der Waals surface area contributed by atoms with Crippen LogP contribution in [0.5, 0.6) is 11.5 Å². The van der Waals surface area contributed by atoms with Crippen molar-refractivity contribution in [1.29, 1.82) is 0 Å². The van der Waals surface area contributed by atoms with Gasteiger partial charge in [0.05, 0.1) is 18.7 Å². The Balaban J connectivity index is 2.03. The van der Waals surface area contributed by atoms with E-state index in [1.165, 1.54) is 0 Å². The molecular weight excluding hydrogens is 332 g/mol. The number of carbonyl (C=O) groups is 2. The molecule has 6 nitrogen and oxygen atoms in total. The lowest BCUT2D eigenvalue weighted by atomic mass is 9.96. The summed E-state index contributed by atoms with van der Waals surface area (Å²) in [6, 6.07) is 14.0. The summed E-state index contributed by atoms with van der Waals surface area (Å²) in [7, 11) is 1.61. The molecule has 2 aromatic carbocycles. The number of carbonyl (C=O) groups excluding carboxylic acids is 2. The lowest BCUT2D eigenvalue weighted by Crippen LogP contribution is -2.35. The summed E-state index contributed by atoms with van der Waals surface area (Å²) in [5, 5.41) is 2.97. The zero-order chi connectivity index (χ0) is 19.1. The second-order valence-corrected chi connectivity index (χ2v) is 6.21. The van der Waals surface area contributed by atoms with E-state index in [0.717, 1.165) is 11.3 Å². The average molecular weight is 356 g/mol. The van der Waals surface area contributed by atoms with Gasteiger partial charge >= 0.3 is 0 Å². The van der Waals surface area contributed by atoms with Gasteiger partial charge in [-0.15, -0.1) is 0 Å². The third kappa shape index (κ3) is 4.99. The molecule has 0 aromatic heterocycles. The van der Waals surface area contributed by atoms with Crippen LogP contribution in [0.2, 0.25) is 0 Å². The van der Waals surface area contributed by atoms with Crippen molar-refractivity contribution in [2.45, 2.75) is 19.9 Å². The first-order valence-corrected chi connectivity index (χ1v) is 8.37. The lowest BCUT2D eigenvalue weighted by molar-refractivity contribution is -0.124. The second-order valence-electron chi connectivity index (χ2n) is 6.21. The number of benzene rings is 2. The van der Waals surface area contributed by atoms with E-state index in [1.54, 1.807) is 31.4 Å². The van der Waals surface area contributed by atoms with Crippen molar-refractivity contribution in [3.05, 3.63) is 59.7 Å². The van der Waals surface area contributed by atoms with E-state index in [2.05, 4.69) is 5.32 Å². The zero-order valence-corrected chi connectivity index (χ0v) is 15.2. The van der Waals surface area contributed by atoms with Crippen LogP contribution in [0.15, 0.2) is 48.5 Å². The molecule has 0 aliphatic heterocycles. The average Bonchev–Trinajstić information content (AvgIpc) is 2.64. The van der Waals surface area contributed by atoms with Crippen LogP contribution in [0.4, 0.5) is 0 Å². The van der Waals surface area contributed by atoms with E-state index in [9.17, 15) is 9.59 Å². The molecule has 2 amide bonds. The molecule has 26 heavy (non-hydrogen) atoms. The Morgan fingerprint density at radius 1 is 1.08 bits per heavy atom. The minimum Gasteiger partial charge on any atom is -0.497 e. The maximum absolute atomic E-state index is 12.3. The lowest BCUT2D eigenvalue weighted by Gasteiger charge is -2.23. The van der Waals surface area contributed by atoms with Crippen molar-refractivity contribution in [1.82, 2.24) is 5.32 Å². The number of para-hydroxylation sites is 1. The zero-order valence-electron chi connectivity index (χ0n) is 15.2. The van der Waals surface area contributed by atoms with Crippen molar-refractivity contribution in [3.63, 3.8) is 0 Å². The van der Waals surface area contributed by atoms with Crippen molar-refractivity contribution in [2.75, 3.05) is 13.7 Å². The molecule has 0 aliphatic carbocycles. The first-order chi connectivity index (χ1) is 12.4. The fourth-order valence-electron chi connectivity index (χ4n) is 2.60. The summed E-state index contributed by atoms with van der Waals surface area (Å²) in [6.45, 7) is 3.85. The Morgan fingerprint density at radius 3 is 2.31 bits per heavy atom. The predicted molar refractivity (Wildman–Crippen MR) is 99.2 cm³/mol. The Morgan fingerprint density at radius 2 is 1.73 bits per heavy atom. The largest absolute Gasteiger partial charge is 0.497 e. The number of ether oxygens (including phenoxy) is 2. The summed E-state index contributed by atoms with van der Waals surface area (Å²) in [4.78, 5) is 23.7. The van der Waals surface area contributed by atoms with Gasteiger partial charge in [0.25, 0.3) is 11.8 Å². The van der Waals surface area contributed by atoms with Crippen LogP contribution >= 0.6 is 0 Å². The fraction of sp³-hybridized carbons (Fsp3) is 0.300. The van der Waals surface area contributed by atoms with Gasteiger partial charge in [-0.1, -0.05) is 38.1 Å². The van der Waals surface area contributed by atoms with Gasteiger partial charge in [-0.3, -0.25) is 9.59 Å². The predicted octanol–water partition coefficient (Wildman–Crippen LogP) is 2.69. The number of rotatable bonds is 8. The van der Waals surface area contributed by atoms with Crippen LogP contribution in [-0.4, -0.2) is 25.5 Å². The summed E-state index contributed by atoms with van der Waals surface area (Å²) < 4.78 is 10.6. The highest BCUT2D eigenvalue weighted by Crippen LogP contribution is 2.24. The first kappa shape index (κ1) is 19.3. The fourth-order valence-corrected chi connectivity index (χ4v) is 2.60. The van der Waals surface area contributed by atoms with E-state index >= 15 is 0 Å². The monoisotopic (exact) mass is 356 g/mol. The number of methoxy groups -OCH3 is 1. The summed E-state index contributed by atoms with van der Waals surface area (Å²) in [6.07, 6.45) is 0. The van der Waals surface area contributed by atoms with Gasteiger partial charge in [0.1, 0.15) is 11.5 Å². The normalized spacial score (nSPS) is 11.7. The molecule has 2 rings (SSSR count). The third-order valence-corrected chi connectivity index (χ3v) is 3.97. The van der Waals surface area contributed by atoms with Crippen molar-refractivity contribution in [3.8, 4) is 11.5 Å². The Labute approximate surface area is 153 Å². The number of primary amides is 1. The molecule has 0 spiro atoms. The molecule has 0 radical (unpaired) electrons. The first-order valence-electron chi connectivity index (χ1n) is 8.37. The molecule has 0 saturated heterocycles. The number of amides is 2. The smallest absolute Gasteiger partial charge is 0.258 e. The topological polar surface area (TPSA) is 90.7 Å². The van der Waals surface area contributed by atoms with Crippen molar-refractivity contribution in [2.24, 2.45) is 11.7 Å². The van der Waals surface area contributed by atoms with E-state index < -0.39 is 5.91 Å². The van der Waals surface area contributed by atoms with Gasteiger partial charge < -0.3 is 20.5 Å². The SMILES string of the molecule is COc1ccc(C(NC(=O)COc2ccccc2C(N)=O)C(C)C)cc1. The summed E-state index contributed by atoms with van der Waals surface area (Å²) >= 11 is 0. The minimum atomic E-state index is -0.598. The Hall–Kier alpha value is -3.02. The summed E-state index contributed by atoms with van der Waals surface area (Å²) in [5.41, 5.74) is 6.54.